The van der Waals surface area contributed by atoms with Crippen molar-refractivity contribution in [2.75, 3.05) is 26.7 Å². The highest BCUT2D eigenvalue weighted by molar-refractivity contribution is 4.87. The maximum absolute atomic E-state index is 12.3. The molecule has 1 aliphatic rings. The van der Waals surface area contributed by atoms with Gasteiger partial charge in [0.1, 0.15) is 0 Å². The van der Waals surface area contributed by atoms with Gasteiger partial charge in [0.25, 0.3) is 0 Å². The molecular formula is C13H25F3N2. The molecule has 0 amide bonds. The highest BCUT2D eigenvalue weighted by Crippen LogP contribution is 2.27. The van der Waals surface area contributed by atoms with Crippen LogP contribution in [0.5, 0.6) is 0 Å². The number of nitrogens with zero attached hydrogens (tertiary/aromatic N) is 1. The highest BCUT2D eigenvalue weighted by atomic mass is 19.4. The molecule has 5 heteroatoms. The maximum Gasteiger partial charge on any atom is 0.401 e. The molecule has 0 aromatic carbocycles. The lowest BCUT2D eigenvalue weighted by atomic mass is 9.85. The second-order valence-electron chi connectivity index (χ2n) is 6.00. The van der Waals surface area contributed by atoms with Gasteiger partial charge in [-0.15, -0.1) is 0 Å². The van der Waals surface area contributed by atoms with Crippen molar-refractivity contribution < 1.29 is 13.2 Å². The number of nitrogens with one attached hydrogen (secondary N) is 1. The summed E-state index contributed by atoms with van der Waals surface area (Å²) in [6.45, 7) is 4.64. The van der Waals surface area contributed by atoms with Crippen molar-refractivity contribution in [1.82, 2.24) is 10.2 Å². The van der Waals surface area contributed by atoms with E-state index in [4.69, 9.17) is 0 Å². The Morgan fingerprint density at radius 1 is 1.22 bits per heavy atom. The zero-order chi connectivity index (χ0) is 13.8. The molecule has 2 nitrogen and oxygen atoms in total. The van der Waals surface area contributed by atoms with Gasteiger partial charge in [-0.05, 0) is 31.7 Å². The van der Waals surface area contributed by atoms with E-state index in [-0.39, 0.29) is 5.41 Å². The molecule has 1 unspecified atom stereocenters. The first-order chi connectivity index (χ1) is 8.24. The third-order valence-electron chi connectivity index (χ3n) is 3.35. The Morgan fingerprint density at radius 2 is 1.83 bits per heavy atom. The van der Waals surface area contributed by atoms with Gasteiger partial charge in [-0.3, -0.25) is 4.90 Å². The molecule has 1 atom stereocenters. The number of halogens is 3. The quantitative estimate of drug-likeness (QED) is 0.726. The minimum atomic E-state index is -4.11. The van der Waals surface area contributed by atoms with E-state index >= 15 is 0 Å². The van der Waals surface area contributed by atoms with Gasteiger partial charge in [0.2, 0.25) is 0 Å². The topological polar surface area (TPSA) is 15.3 Å². The number of rotatable bonds is 8. The van der Waals surface area contributed by atoms with Crippen LogP contribution in [0.3, 0.4) is 0 Å². The van der Waals surface area contributed by atoms with E-state index in [2.05, 4.69) is 19.2 Å². The predicted octanol–water partition coefficient (Wildman–Crippen LogP) is 3.04. The van der Waals surface area contributed by atoms with E-state index in [1.165, 1.54) is 17.7 Å². The van der Waals surface area contributed by atoms with E-state index in [9.17, 15) is 13.2 Å². The van der Waals surface area contributed by atoms with Gasteiger partial charge in [-0.25, -0.2) is 0 Å². The summed E-state index contributed by atoms with van der Waals surface area (Å²) in [5.74, 6) is 0. The first-order valence-corrected chi connectivity index (χ1v) is 6.73. The van der Waals surface area contributed by atoms with Crippen molar-refractivity contribution in [3.63, 3.8) is 0 Å². The lowest BCUT2D eigenvalue weighted by Gasteiger charge is -2.34. The molecule has 0 radical (unpaired) electrons. The SMILES string of the molecule is CCCC(C)(CNC1CC1)CN(C)CC(F)(F)F. The standard InChI is InChI=1S/C13H25F3N2/c1-4-7-12(2,8-17-11-5-6-11)9-18(3)10-13(14,15)16/h11,17H,4-10H2,1-3H3. The van der Waals surface area contributed by atoms with Crippen LogP contribution in [-0.2, 0) is 0 Å². The molecule has 0 aromatic heterocycles. The van der Waals surface area contributed by atoms with Crippen LogP contribution in [0.2, 0.25) is 0 Å². The summed E-state index contributed by atoms with van der Waals surface area (Å²) in [5, 5.41) is 3.44. The van der Waals surface area contributed by atoms with E-state index in [1.54, 1.807) is 7.05 Å². The van der Waals surface area contributed by atoms with Gasteiger partial charge in [0, 0.05) is 19.1 Å². The summed E-state index contributed by atoms with van der Waals surface area (Å²) in [6, 6.07) is 0.606. The molecule has 1 N–H and O–H groups in total. The first kappa shape index (κ1) is 15.8. The molecule has 0 aromatic rings. The van der Waals surface area contributed by atoms with Crippen LogP contribution >= 0.6 is 0 Å². The fourth-order valence-electron chi connectivity index (χ4n) is 2.52. The third-order valence-corrected chi connectivity index (χ3v) is 3.35. The number of hydrogen-bond donors (Lipinski definition) is 1. The fourth-order valence-corrected chi connectivity index (χ4v) is 2.52. The minimum absolute atomic E-state index is 0.0721. The molecule has 1 saturated carbocycles. The van der Waals surface area contributed by atoms with Crippen LogP contribution in [-0.4, -0.2) is 43.8 Å². The summed E-state index contributed by atoms with van der Waals surface area (Å²) in [4.78, 5) is 1.39. The third kappa shape index (κ3) is 6.59. The molecule has 1 rings (SSSR count). The Kier molecular flexibility index (Phi) is 5.46. The van der Waals surface area contributed by atoms with Crippen LogP contribution in [0, 0.1) is 5.41 Å². The van der Waals surface area contributed by atoms with Crippen molar-refractivity contribution in [2.45, 2.75) is 51.7 Å². The Morgan fingerprint density at radius 3 is 2.28 bits per heavy atom. The number of alkyl halides is 3. The zero-order valence-electron chi connectivity index (χ0n) is 11.6. The molecule has 0 saturated heterocycles. The van der Waals surface area contributed by atoms with E-state index < -0.39 is 12.7 Å². The molecule has 0 heterocycles. The van der Waals surface area contributed by atoms with Crippen molar-refractivity contribution in [3.05, 3.63) is 0 Å². The van der Waals surface area contributed by atoms with Crippen molar-refractivity contribution in [1.29, 1.82) is 0 Å². The van der Waals surface area contributed by atoms with Gasteiger partial charge in [0.05, 0.1) is 6.54 Å². The van der Waals surface area contributed by atoms with Crippen LogP contribution in [0.25, 0.3) is 0 Å². The summed E-state index contributed by atoms with van der Waals surface area (Å²) < 4.78 is 37.0. The Bertz CT molecular complexity index is 251. The van der Waals surface area contributed by atoms with Crippen molar-refractivity contribution in [3.8, 4) is 0 Å². The average Bonchev–Trinajstić information content (AvgIpc) is 2.94. The lowest BCUT2D eigenvalue weighted by Crippen LogP contribution is -2.44. The summed E-state index contributed by atoms with van der Waals surface area (Å²) >= 11 is 0. The molecule has 0 spiro atoms. The lowest BCUT2D eigenvalue weighted by molar-refractivity contribution is -0.145. The van der Waals surface area contributed by atoms with Gasteiger partial charge in [0.15, 0.2) is 0 Å². The fraction of sp³-hybridized carbons (Fsp3) is 1.00. The minimum Gasteiger partial charge on any atom is -0.313 e. The van der Waals surface area contributed by atoms with E-state index in [1.807, 2.05) is 0 Å². The van der Waals surface area contributed by atoms with Crippen LogP contribution in [0.1, 0.15) is 39.5 Å². The largest absolute Gasteiger partial charge is 0.401 e. The van der Waals surface area contributed by atoms with Crippen LogP contribution in [0.15, 0.2) is 0 Å². The Balaban J connectivity index is 2.42. The summed E-state index contributed by atoms with van der Waals surface area (Å²) in [7, 11) is 1.55. The van der Waals surface area contributed by atoms with Crippen molar-refractivity contribution in [2.24, 2.45) is 5.41 Å². The van der Waals surface area contributed by atoms with E-state index in [0.29, 0.717) is 12.6 Å². The van der Waals surface area contributed by atoms with Gasteiger partial charge in [-0.1, -0.05) is 20.3 Å². The van der Waals surface area contributed by atoms with Gasteiger partial charge >= 0.3 is 6.18 Å². The zero-order valence-corrected chi connectivity index (χ0v) is 11.6. The second kappa shape index (κ2) is 6.24. The molecular weight excluding hydrogens is 241 g/mol. The predicted molar refractivity (Wildman–Crippen MR) is 67.6 cm³/mol. The summed E-state index contributed by atoms with van der Waals surface area (Å²) in [6.07, 6.45) is 0.268. The smallest absolute Gasteiger partial charge is 0.313 e. The first-order valence-electron chi connectivity index (χ1n) is 6.73. The van der Waals surface area contributed by atoms with Crippen LogP contribution < -0.4 is 5.32 Å². The maximum atomic E-state index is 12.3. The molecule has 1 fully saturated rings. The van der Waals surface area contributed by atoms with Crippen molar-refractivity contribution >= 4 is 0 Å². The average molecular weight is 266 g/mol. The van der Waals surface area contributed by atoms with Crippen LogP contribution in [0.4, 0.5) is 13.2 Å². The molecule has 18 heavy (non-hydrogen) atoms. The molecule has 1 aliphatic carbocycles. The molecule has 0 aliphatic heterocycles. The normalized spacial score (nSPS) is 20.2. The van der Waals surface area contributed by atoms with E-state index in [0.717, 1.165) is 19.4 Å². The van der Waals surface area contributed by atoms with Gasteiger partial charge in [-0.2, -0.15) is 13.2 Å². The second-order valence-corrected chi connectivity index (χ2v) is 6.00. The Hall–Kier alpha value is -0.290. The number of hydrogen-bond acceptors (Lipinski definition) is 2. The Labute approximate surface area is 108 Å². The monoisotopic (exact) mass is 266 g/mol. The highest BCUT2D eigenvalue weighted by Gasteiger charge is 2.33. The van der Waals surface area contributed by atoms with Gasteiger partial charge < -0.3 is 5.32 Å². The molecule has 108 valence electrons. The summed E-state index contributed by atoms with van der Waals surface area (Å²) in [5.41, 5.74) is -0.0721. The molecule has 0 bridgehead atoms.